The molecule has 5 rings (SSSR count). The lowest BCUT2D eigenvalue weighted by Gasteiger charge is -2.25. The fraction of sp³-hybridized carbons (Fsp3) is 0.250. The smallest absolute Gasteiger partial charge is 0.262 e. The molecule has 1 atom stereocenters. The molecule has 0 bridgehead atoms. The molecule has 3 aromatic rings. The molecule has 0 fully saturated rings. The third-order valence-corrected chi connectivity index (χ3v) is 6.46. The maximum absolute atomic E-state index is 13.6. The zero-order valence-corrected chi connectivity index (χ0v) is 21.1. The topological polar surface area (TPSA) is 89.9 Å². The van der Waals surface area contributed by atoms with E-state index in [1.807, 2.05) is 18.2 Å². The Bertz CT molecular complexity index is 1430. The minimum absolute atomic E-state index is 0.129. The third-order valence-electron chi connectivity index (χ3n) is 6.46. The molecule has 0 radical (unpaired) electrons. The van der Waals surface area contributed by atoms with Crippen molar-refractivity contribution in [2.45, 2.75) is 12.5 Å². The van der Waals surface area contributed by atoms with Gasteiger partial charge in [0.2, 0.25) is 6.79 Å². The van der Waals surface area contributed by atoms with Gasteiger partial charge in [0.1, 0.15) is 23.9 Å². The summed E-state index contributed by atoms with van der Waals surface area (Å²) in [6.07, 6.45) is 0.398. The van der Waals surface area contributed by atoms with E-state index in [1.54, 1.807) is 32.4 Å². The Labute approximate surface area is 219 Å². The largest absolute Gasteiger partial charge is 0.497 e. The molecule has 38 heavy (non-hydrogen) atoms. The molecule has 0 aliphatic carbocycles. The Morgan fingerprint density at radius 3 is 2.63 bits per heavy atom. The molecule has 0 spiro atoms. The van der Waals surface area contributed by atoms with Crippen LogP contribution in [0.3, 0.4) is 0 Å². The standard InChI is InChI=1S/C28H26FN3O6/c1-31(28(34)18-5-4-6-19(29)11-18)15-27(33)32-23(17-7-10-24-26(12-17)38-16-37-24)14-22(30-32)21-9-8-20(35-2)13-25(21)36-3/h4-13,23H,14-16H2,1-3H3/t23-/m0/s1. The summed E-state index contributed by atoms with van der Waals surface area (Å²) in [5.41, 5.74) is 2.31. The number of hydrogen-bond acceptors (Lipinski definition) is 7. The second-order valence-electron chi connectivity index (χ2n) is 8.86. The molecule has 0 saturated carbocycles. The highest BCUT2D eigenvalue weighted by molar-refractivity contribution is 6.05. The van der Waals surface area contributed by atoms with Crippen LogP contribution in [0.4, 0.5) is 4.39 Å². The minimum atomic E-state index is -0.527. The molecular weight excluding hydrogens is 493 g/mol. The van der Waals surface area contributed by atoms with Crippen molar-refractivity contribution in [3.63, 3.8) is 0 Å². The van der Waals surface area contributed by atoms with Crippen molar-refractivity contribution in [1.29, 1.82) is 0 Å². The highest BCUT2D eigenvalue weighted by Gasteiger charge is 2.35. The van der Waals surface area contributed by atoms with E-state index in [2.05, 4.69) is 5.10 Å². The number of halogens is 1. The molecular formula is C28H26FN3O6. The van der Waals surface area contributed by atoms with Gasteiger partial charge in [-0.1, -0.05) is 12.1 Å². The van der Waals surface area contributed by atoms with Gasteiger partial charge in [0.15, 0.2) is 11.5 Å². The van der Waals surface area contributed by atoms with Gasteiger partial charge in [0.25, 0.3) is 11.8 Å². The van der Waals surface area contributed by atoms with Gasteiger partial charge in [0.05, 0.1) is 26.0 Å². The van der Waals surface area contributed by atoms with Gasteiger partial charge in [-0.05, 0) is 48.0 Å². The summed E-state index contributed by atoms with van der Waals surface area (Å²) in [7, 11) is 4.62. The number of hydrogen-bond donors (Lipinski definition) is 0. The molecule has 0 aromatic heterocycles. The van der Waals surface area contributed by atoms with Crippen LogP contribution in [0.5, 0.6) is 23.0 Å². The molecule has 0 unspecified atom stereocenters. The highest BCUT2D eigenvalue weighted by atomic mass is 19.1. The van der Waals surface area contributed by atoms with Crippen LogP contribution >= 0.6 is 0 Å². The molecule has 3 aromatic carbocycles. The lowest BCUT2D eigenvalue weighted by molar-refractivity contribution is -0.133. The van der Waals surface area contributed by atoms with Crippen molar-refractivity contribution in [1.82, 2.24) is 9.91 Å². The first kappa shape index (κ1) is 25.1. The number of hydrazone groups is 1. The van der Waals surface area contributed by atoms with Gasteiger partial charge in [-0.25, -0.2) is 9.40 Å². The lowest BCUT2D eigenvalue weighted by Crippen LogP contribution is -2.39. The van der Waals surface area contributed by atoms with Gasteiger partial charge >= 0.3 is 0 Å². The molecule has 196 valence electrons. The SMILES string of the molecule is COc1ccc(C2=NN(C(=O)CN(C)C(=O)c3cccc(F)c3)[C@H](c3ccc4c(c3)OCO4)C2)c(OC)c1. The predicted octanol–water partition coefficient (Wildman–Crippen LogP) is 4.02. The van der Waals surface area contributed by atoms with E-state index in [9.17, 15) is 14.0 Å². The monoisotopic (exact) mass is 519 g/mol. The normalized spacial score (nSPS) is 15.7. The fourth-order valence-electron chi connectivity index (χ4n) is 4.51. The van der Waals surface area contributed by atoms with Gasteiger partial charge in [-0.15, -0.1) is 0 Å². The number of fused-ring (bicyclic) bond motifs is 1. The van der Waals surface area contributed by atoms with Crippen molar-refractivity contribution in [2.24, 2.45) is 5.10 Å². The summed E-state index contributed by atoms with van der Waals surface area (Å²) in [5, 5.41) is 6.06. The van der Waals surface area contributed by atoms with E-state index in [0.29, 0.717) is 35.1 Å². The Morgan fingerprint density at radius 2 is 1.87 bits per heavy atom. The Balaban J connectivity index is 1.45. The molecule has 0 N–H and O–H groups in total. The summed E-state index contributed by atoms with van der Waals surface area (Å²) < 4.78 is 35.5. The lowest BCUT2D eigenvalue weighted by atomic mass is 9.97. The third kappa shape index (κ3) is 4.84. The molecule has 2 aliphatic heterocycles. The molecule has 2 aliphatic rings. The van der Waals surface area contributed by atoms with Crippen molar-refractivity contribution in [2.75, 3.05) is 34.6 Å². The number of likely N-dealkylation sites (N-methyl/N-ethyl adjacent to an activating group) is 1. The van der Waals surface area contributed by atoms with Gasteiger partial charge < -0.3 is 23.8 Å². The number of nitrogens with zero attached hydrogens (tertiary/aromatic N) is 3. The van der Waals surface area contributed by atoms with Crippen LogP contribution in [0, 0.1) is 5.82 Å². The maximum atomic E-state index is 13.6. The van der Waals surface area contributed by atoms with Crippen LogP contribution in [0.1, 0.15) is 33.9 Å². The zero-order chi connectivity index (χ0) is 26.8. The highest BCUT2D eigenvalue weighted by Crippen LogP contribution is 2.40. The average molecular weight is 520 g/mol. The zero-order valence-electron chi connectivity index (χ0n) is 21.1. The van der Waals surface area contributed by atoms with Crippen molar-refractivity contribution in [3.8, 4) is 23.0 Å². The van der Waals surface area contributed by atoms with E-state index < -0.39 is 23.7 Å². The van der Waals surface area contributed by atoms with Crippen molar-refractivity contribution in [3.05, 3.63) is 83.2 Å². The number of benzene rings is 3. The minimum Gasteiger partial charge on any atom is -0.497 e. The first-order chi connectivity index (χ1) is 18.4. The van der Waals surface area contributed by atoms with Crippen LogP contribution in [-0.2, 0) is 4.79 Å². The van der Waals surface area contributed by atoms with E-state index >= 15 is 0 Å². The summed E-state index contributed by atoms with van der Waals surface area (Å²) in [6.45, 7) is -0.128. The number of carbonyl (C=O) groups excluding carboxylic acids is 2. The Hall–Kier alpha value is -4.60. The molecule has 10 heteroatoms. The number of rotatable bonds is 7. The van der Waals surface area contributed by atoms with Crippen molar-refractivity contribution >= 4 is 17.5 Å². The summed E-state index contributed by atoms with van der Waals surface area (Å²) in [6, 6.07) is 15.8. The Kier molecular flexibility index (Phi) is 6.87. The predicted molar refractivity (Wildman–Crippen MR) is 136 cm³/mol. The maximum Gasteiger partial charge on any atom is 0.262 e. The van der Waals surface area contributed by atoms with E-state index in [-0.39, 0.29) is 18.9 Å². The van der Waals surface area contributed by atoms with E-state index in [1.165, 1.54) is 35.2 Å². The number of ether oxygens (including phenoxy) is 4. The molecule has 9 nitrogen and oxygen atoms in total. The van der Waals surface area contributed by atoms with Gasteiger partial charge in [-0.2, -0.15) is 5.10 Å². The summed E-state index contributed by atoms with van der Waals surface area (Å²) in [5.74, 6) is 0.995. The van der Waals surface area contributed by atoms with E-state index in [0.717, 1.165) is 17.2 Å². The Morgan fingerprint density at radius 1 is 1.05 bits per heavy atom. The molecule has 0 saturated heterocycles. The van der Waals surface area contributed by atoms with Crippen LogP contribution in [0.25, 0.3) is 0 Å². The second kappa shape index (κ2) is 10.4. The second-order valence-corrected chi connectivity index (χ2v) is 8.86. The first-order valence-electron chi connectivity index (χ1n) is 11.9. The summed E-state index contributed by atoms with van der Waals surface area (Å²) >= 11 is 0. The van der Waals surface area contributed by atoms with Crippen LogP contribution in [-0.4, -0.2) is 62.0 Å². The van der Waals surface area contributed by atoms with Gasteiger partial charge in [-0.3, -0.25) is 9.59 Å². The fourth-order valence-corrected chi connectivity index (χ4v) is 4.51. The van der Waals surface area contributed by atoms with Gasteiger partial charge in [0, 0.05) is 30.7 Å². The first-order valence-corrected chi connectivity index (χ1v) is 11.9. The van der Waals surface area contributed by atoms with Crippen LogP contribution in [0.15, 0.2) is 65.8 Å². The number of carbonyl (C=O) groups is 2. The average Bonchev–Trinajstić information content (AvgIpc) is 3.59. The molecule has 2 amide bonds. The molecule has 2 heterocycles. The van der Waals surface area contributed by atoms with E-state index in [4.69, 9.17) is 18.9 Å². The quantitative estimate of drug-likeness (QED) is 0.469. The summed E-state index contributed by atoms with van der Waals surface area (Å²) in [4.78, 5) is 27.6. The number of methoxy groups -OCH3 is 2. The van der Waals surface area contributed by atoms with Crippen LogP contribution < -0.4 is 18.9 Å². The van der Waals surface area contributed by atoms with Crippen LogP contribution in [0.2, 0.25) is 0 Å². The van der Waals surface area contributed by atoms with Crippen molar-refractivity contribution < 1.29 is 32.9 Å². The number of amides is 2.